The van der Waals surface area contributed by atoms with Gasteiger partial charge in [-0.1, -0.05) is 23.9 Å². The SMILES string of the molecule is Cc1nc2sc3c(c2c2nnc(SCC(=O)Nc4ccccc4C(F)(F)F)n12)CCCC3. The third-order valence-electron chi connectivity index (χ3n) is 5.44. The summed E-state index contributed by atoms with van der Waals surface area (Å²) in [5.74, 6) is 0.0520. The van der Waals surface area contributed by atoms with Gasteiger partial charge in [0.05, 0.1) is 22.4 Å². The van der Waals surface area contributed by atoms with E-state index in [1.165, 1.54) is 35.1 Å². The van der Waals surface area contributed by atoms with E-state index < -0.39 is 17.6 Å². The Morgan fingerprint density at radius 1 is 1.22 bits per heavy atom. The summed E-state index contributed by atoms with van der Waals surface area (Å²) in [5.41, 5.74) is 0.869. The Bertz CT molecular complexity index is 1340. The maximum absolute atomic E-state index is 13.2. The second kappa shape index (κ2) is 8.04. The van der Waals surface area contributed by atoms with Crippen molar-refractivity contribution in [3.05, 3.63) is 46.1 Å². The fraction of sp³-hybridized carbons (Fsp3) is 0.333. The molecule has 0 fully saturated rings. The number of amides is 1. The zero-order chi connectivity index (χ0) is 22.5. The van der Waals surface area contributed by atoms with Gasteiger partial charge in [0.15, 0.2) is 10.8 Å². The second-order valence-corrected chi connectivity index (χ2v) is 9.60. The van der Waals surface area contributed by atoms with E-state index in [9.17, 15) is 18.0 Å². The minimum Gasteiger partial charge on any atom is -0.325 e. The Morgan fingerprint density at radius 2 is 2.00 bits per heavy atom. The molecule has 3 heterocycles. The van der Waals surface area contributed by atoms with Crippen molar-refractivity contribution < 1.29 is 18.0 Å². The summed E-state index contributed by atoms with van der Waals surface area (Å²) in [6, 6.07) is 4.92. The lowest BCUT2D eigenvalue weighted by atomic mass is 9.97. The number of hydrogen-bond donors (Lipinski definition) is 1. The summed E-state index contributed by atoms with van der Waals surface area (Å²) in [7, 11) is 0. The van der Waals surface area contributed by atoms with Gasteiger partial charge in [-0.25, -0.2) is 4.98 Å². The predicted octanol–water partition coefficient (Wildman–Crippen LogP) is 5.28. The van der Waals surface area contributed by atoms with E-state index in [2.05, 4.69) is 15.5 Å². The fourth-order valence-corrected chi connectivity index (χ4v) is 6.11. The molecule has 0 atom stereocenters. The number of alkyl halides is 3. The number of para-hydroxylation sites is 1. The molecule has 0 saturated heterocycles. The Morgan fingerprint density at radius 3 is 2.81 bits per heavy atom. The molecule has 0 saturated carbocycles. The lowest BCUT2D eigenvalue weighted by Crippen LogP contribution is -2.18. The van der Waals surface area contributed by atoms with Crippen LogP contribution >= 0.6 is 23.1 Å². The molecular formula is C21H18F3N5OS2. The van der Waals surface area contributed by atoms with E-state index in [4.69, 9.17) is 4.98 Å². The van der Waals surface area contributed by atoms with Crippen LogP contribution in [-0.4, -0.2) is 31.2 Å². The number of aromatic nitrogens is 4. The highest BCUT2D eigenvalue weighted by molar-refractivity contribution is 7.99. The first-order chi connectivity index (χ1) is 15.3. The van der Waals surface area contributed by atoms with Crippen LogP contribution in [0.25, 0.3) is 15.9 Å². The predicted molar refractivity (Wildman–Crippen MR) is 118 cm³/mol. The Labute approximate surface area is 189 Å². The third kappa shape index (κ3) is 3.73. The van der Waals surface area contributed by atoms with Crippen molar-refractivity contribution in [3.63, 3.8) is 0 Å². The number of thiophene rings is 1. The van der Waals surface area contributed by atoms with Crippen molar-refractivity contribution >= 4 is 50.6 Å². The molecule has 1 aliphatic rings. The molecule has 6 nitrogen and oxygen atoms in total. The standard InChI is InChI=1S/C21H18F3N5OS2/c1-11-25-19-17(12-6-2-5-9-15(12)32-19)18-27-28-20(29(11)18)31-10-16(30)26-14-8-4-3-7-13(14)21(22,23)24/h3-4,7-8H,2,5-6,9-10H2,1H3,(H,26,30). The molecule has 0 unspecified atom stereocenters. The molecule has 1 aromatic carbocycles. The summed E-state index contributed by atoms with van der Waals surface area (Å²) < 4.78 is 41.3. The molecule has 3 aromatic heterocycles. The van der Waals surface area contributed by atoms with Gasteiger partial charge in [-0.3, -0.25) is 9.20 Å². The van der Waals surface area contributed by atoms with Crippen LogP contribution in [0.5, 0.6) is 0 Å². The van der Waals surface area contributed by atoms with Crippen LogP contribution in [0.4, 0.5) is 18.9 Å². The summed E-state index contributed by atoms with van der Waals surface area (Å²) in [6.07, 6.45) is -0.194. The van der Waals surface area contributed by atoms with E-state index in [0.29, 0.717) is 11.0 Å². The van der Waals surface area contributed by atoms with Gasteiger partial charge in [-0.05, 0) is 50.3 Å². The van der Waals surface area contributed by atoms with E-state index in [1.54, 1.807) is 11.3 Å². The summed E-state index contributed by atoms with van der Waals surface area (Å²) in [5, 5.41) is 12.5. The highest BCUT2D eigenvalue weighted by Gasteiger charge is 2.33. The smallest absolute Gasteiger partial charge is 0.325 e. The lowest BCUT2D eigenvalue weighted by molar-refractivity contribution is -0.137. The molecule has 1 amide bonds. The van der Waals surface area contributed by atoms with Crippen LogP contribution in [0, 0.1) is 6.92 Å². The number of nitrogens with zero attached hydrogens (tertiary/aromatic N) is 4. The molecule has 0 bridgehead atoms. The number of fused-ring (bicyclic) bond motifs is 5. The highest BCUT2D eigenvalue weighted by atomic mass is 32.2. The van der Waals surface area contributed by atoms with Crippen LogP contribution < -0.4 is 5.32 Å². The van der Waals surface area contributed by atoms with Crippen molar-refractivity contribution in [3.8, 4) is 0 Å². The summed E-state index contributed by atoms with van der Waals surface area (Å²) in [4.78, 5) is 19.4. The van der Waals surface area contributed by atoms with Crippen LogP contribution in [0.3, 0.4) is 0 Å². The zero-order valence-corrected chi connectivity index (χ0v) is 18.6. The highest BCUT2D eigenvalue weighted by Crippen LogP contribution is 2.38. The Kier molecular flexibility index (Phi) is 5.32. The van der Waals surface area contributed by atoms with Gasteiger partial charge in [0.25, 0.3) is 0 Å². The third-order valence-corrected chi connectivity index (χ3v) is 7.55. The van der Waals surface area contributed by atoms with Crippen molar-refractivity contribution in [2.45, 2.75) is 43.9 Å². The van der Waals surface area contributed by atoms with E-state index in [-0.39, 0.29) is 11.4 Å². The first-order valence-corrected chi connectivity index (χ1v) is 11.9. The molecule has 1 N–H and O–H groups in total. The van der Waals surface area contributed by atoms with Crippen molar-refractivity contribution in [1.29, 1.82) is 0 Å². The zero-order valence-electron chi connectivity index (χ0n) is 17.0. The molecule has 0 spiro atoms. The summed E-state index contributed by atoms with van der Waals surface area (Å²) >= 11 is 2.83. The van der Waals surface area contributed by atoms with Gasteiger partial charge in [0.1, 0.15) is 10.7 Å². The van der Waals surface area contributed by atoms with Crippen LogP contribution in [0.15, 0.2) is 29.4 Å². The number of carbonyl (C=O) groups is 1. The lowest BCUT2D eigenvalue weighted by Gasteiger charge is -2.13. The molecule has 0 radical (unpaired) electrons. The minimum absolute atomic E-state index is 0.105. The van der Waals surface area contributed by atoms with E-state index >= 15 is 0 Å². The number of rotatable bonds is 4. The average Bonchev–Trinajstić information content (AvgIpc) is 3.33. The van der Waals surface area contributed by atoms with E-state index in [0.717, 1.165) is 53.0 Å². The number of carbonyl (C=O) groups excluding carboxylic acids is 1. The van der Waals surface area contributed by atoms with Crippen molar-refractivity contribution in [2.75, 3.05) is 11.1 Å². The van der Waals surface area contributed by atoms with Crippen LogP contribution in [-0.2, 0) is 23.8 Å². The van der Waals surface area contributed by atoms with Crippen LogP contribution in [0.2, 0.25) is 0 Å². The molecule has 1 aliphatic carbocycles. The second-order valence-electron chi connectivity index (χ2n) is 7.57. The molecule has 32 heavy (non-hydrogen) atoms. The fourth-order valence-electron chi connectivity index (χ4n) is 4.03. The number of halogens is 3. The molecule has 0 aliphatic heterocycles. The number of anilines is 1. The Balaban J connectivity index is 1.40. The maximum Gasteiger partial charge on any atom is 0.418 e. The van der Waals surface area contributed by atoms with Gasteiger partial charge in [0.2, 0.25) is 5.91 Å². The number of aryl methyl sites for hydroxylation is 3. The van der Waals surface area contributed by atoms with Crippen molar-refractivity contribution in [1.82, 2.24) is 19.6 Å². The number of thioether (sulfide) groups is 1. The minimum atomic E-state index is -4.55. The van der Waals surface area contributed by atoms with Crippen LogP contribution in [0.1, 0.15) is 34.7 Å². The van der Waals surface area contributed by atoms with Gasteiger partial charge in [-0.15, -0.1) is 21.5 Å². The number of hydrogen-bond acceptors (Lipinski definition) is 6. The topological polar surface area (TPSA) is 72.2 Å². The molecule has 166 valence electrons. The van der Waals surface area contributed by atoms with Gasteiger partial charge in [-0.2, -0.15) is 13.2 Å². The first-order valence-electron chi connectivity index (χ1n) is 10.1. The number of benzene rings is 1. The normalized spacial score (nSPS) is 14.1. The van der Waals surface area contributed by atoms with Gasteiger partial charge in [0, 0.05) is 4.88 Å². The largest absolute Gasteiger partial charge is 0.418 e. The molecular weight excluding hydrogens is 459 g/mol. The Hall–Kier alpha value is -2.66. The van der Waals surface area contributed by atoms with Crippen molar-refractivity contribution in [2.24, 2.45) is 0 Å². The molecule has 5 rings (SSSR count). The summed E-state index contributed by atoms with van der Waals surface area (Å²) in [6.45, 7) is 1.86. The molecule has 4 aromatic rings. The first kappa shape index (κ1) is 21.2. The maximum atomic E-state index is 13.2. The quantitative estimate of drug-likeness (QED) is 0.405. The van der Waals surface area contributed by atoms with E-state index in [1.807, 2.05) is 11.3 Å². The monoisotopic (exact) mass is 477 g/mol. The average molecular weight is 478 g/mol. The number of nitrogens with one attached hydrogen (secondary N) is 1. The molecule has 11 heteroatoms. The van der Waals surface area contributed by atoms with Gasteiger partial charge >= 0.3 is 6.18 Å². The van der Waals surface area contributed by atoms with Gasteiger partial charge < -0.3 is 5.32 Å².